The van der Waals surface area contributed by atoms with Crippen molar-refractivity contribution in [3.05, 3.63) is 61.7 Å². The summed E-state index contributed by atoms with van der Waals surface area (Å²) in [7, 11) is 0. The molecule has 0 unspecified atom stereocenters. The smallest absolute Gasteiger partial charge is 0.430 e. The van der Waals surface area contributed by atoms with Crippen molar-refractivity contribution in [2.75, 3.05) is 13.2 Å². The fourth-order valence-corrected chi connectivity index (χ4v) is 1.87. The molecule has 0 saturated carbocycles. The molecule has 0 bridgehead atoms. The number of rotatable bonds is 6. The molecule has 0 heterocycles. The molecule has 0 saturated heterocycles. The first-order chi connectivity index (χ1) is 11.6. The summed E-state index contributed by atoms with van der Waals surface area (Å²) in [6, 6.07) is 10.1. The third-order valence-electron chi connectivity index (χ3n) is 2.85. The molecule has 0 amide bonds. The minimum atomic E-state index is -0.849. The topological polar surface area (TPSA) is 71.1 Å². The first-order valence-corrected chi connectivity index (χ1v) is 7.08. The Morgan fingerprint density at radius 3 is 2.25 bits per heavy atom. The van der Waals surface area contributed by atoms with Crippen molar-refractivity contribution in [1.82, 2.24) is 0 Å². The molecule has 2 aromatic rings. The van der Waals surface area contributed by atoms with Gasteiger partial charge in [-0.3, -0.25) is 0 Å². The van der Waals surface area contributed by atoms with E-state index in [1.54, 1.807) is 30.3 Å². The highest BCUT2D eigenvalue weighted by Crippen LogP contribution is 2.29. The van der Waals surface area contributed by atoms with Gasteiger partial charge in [0, 0.05) is 5.39 Å². The van der Waals surface area contributed by atoms with E-state index >= 15 is 0 Å². The molecule has 0 aromatic heterocycles. The Balaban J connectivity index is 2.21. The molecular formula is C18H16O6. The number of carbonyl (C=O) groups excluding carboxylic acids is 2. The van der Waals surface area contributed by atoms with E-state index in [2.05, 4.69) is 13.2 Å². The Morgan fingerprint density at radius 2 is 1.58 bits per heavy atom. The third-order valence-corrected chi connectivity index (χ3v) is 2.85. The zero-order valence-corrected chi connectivity index (χ0v) is 12.9. The largest absolute Gasteiger partial charge is 0.514 e. The Labute approximate surface area is 138 Å². The van der Waals surface area contributed by atoms with Crippen molar-refractivity contribution < 1.29 is 28.5 Å². The quantitative estimate of drug-likeness (QED) is 0.449. The van der Waals surface area contributed by atoms with Crippen molar-refractivity contribution >= 4 is 23.1 Å². The summed E-state index contributed by atoms with van der Waals surface area (Å²) in [6.45, 7) is 6.99. The summed E-state index contributed by atoms with van der Waals surface area (Å²) in [4.78, 5) is 23.1. The highest BCUT2D eigenvalue weighted by Gasteiger charge is 2.11. The molecule has 6 nitrogen and oxygen atoms in total. The van der Waals surface area contributed by atoms with Crippen molar-refractivity contribution in [3.63, 3.8) is 0 Å². The third kappa shape index (κ3) is 4.61. The molecule has 0 atom stereocenters. The van der Waals surface area contributed by atoms with Gasteiger partial charge >= 0.3 is 12.3 Å². The Morgan fingerprint density at radius 1 is 0.917 bits per heavy atom. The van der Waals surface area contributed by atoms with Crippen LogP contribution < -0.4 is 9.47 Å². The second kappa shape index (κ2) is 8.38. The Bertz CT molecular complexity index is 765. The lowest BCUT2D eigenvalue weighted by atomic mass is 10.1. The van der Waals surface area contributed by atoms with Crippen LogP contribution in [0.3, 0.4) is 0 Å². The number of hydrogen-bond acceptors (Lipinski definition) is 6. The van der Waals surface area contributed by atoms with Crippen molar-refractivity contribution in [3.8, 4) is 11.5 Å². The van der Waals surface area contributed by atoms with Crippen molar-refractivity contribution in [2.45, 2.75) is 0 Å². The van der Waals surface area contributed by atoms with Crippen LogP contribution in [-0.4, -0.2) is 25.5 Å². The van der Waals surface area contributed by atoms with Crippen molar-refractivity contribution in [2.24, 2.45) is 0 Å². The van der Waals surface area contributed by atoms with E-state index < -0.39 is 12.3 Å². The lowest BCUT2D eigenvalue weighted by molar-refractivity contribution is 0.108. The van der Waals surface area contributed by atoms with Crippen LogP contribution in [0.25, 0.3) is 10.8 Å². The van der Waals surface area contributed by atoms with Crippen LogP contribution in [0.15, 0.2) is 61.7 Å². The first kappa shape index (κ1) is 17.1. The number of hydrogen-bond donors (Lipinski definition) is 0. The SMILES string of the molecule is C=CCOC(=O)Oc1ccc2cccc(OC(=O)OCC=C)c2c1. The monoisotopic (exact) mass is 328 g/mol. The van der Waals surface area contributed by atoms with Gasteiger partial charge in [0.15, 0.2) is 0 Å². The molecule has 124 valence electrons. The van der Waals surface area contributed by atoms with Gasteiger partial charge in [0.25, 0.3) is 0 Å². The Hall–Kier alpha value is -3.28. The highest BCUT2D eigenvalue weighted by molar-refractivity contribution is 5.91. The second-order valence-corrected chi connectivity index (χ2v) is 4.54. The maximum atomic E-state index is 11.6. The molecule has 6 heteroatoms. The van der Waals surface area contributed by atoms with Crippen LogP contribution in [-0.2, 0) is 9.47 Å². The van der Waals surface area contributed by atoms with E-state index in [0.29, 0.717) is 5.39 Å². The molecule has 0 fully saturated rings. The molecule has 2 rings (SSSR count). The normalized spacial score (nSPS) is 9.83. The summed E-state index contributed by atoms with van der Waals surface area (Å²) in [5.74, 6) is 0.540. The van der Waals surface area contributed by atoms with Crippen LogP contribution in [0.4, 0.5) is 9.59 Å². The number of benzene rings is 2. The lowest BCUT2D eigenvalue weighted by Gasteiger charge is -2.09. The van der Waals surface area contributed by atoms with Crippen LogP contribution in [0.1, 0.15) is 0 Å². The van der Waals surface area contributed by atoms with Gasteiger partial charge in [-0.2, -0.15) is 0 Å². The minimum Gasteiger partial charge on any atom is -0.430 e. The predicted molar refractivity (Wildman–Crippen MR) is 88.3 cm³/mol. The molecule has 0 aliphatic heterocycles. The van der Waals surface area contributed by atoms with E-state index in [-0.39, 0.29) is 24.7 Å². The summed E-state index contributed by atoms with van der Waals surface area (Å²) >= 11 is 0. The standard InChI is InChI=1S/C18H16O6/c1-3-10-21-17(19)23-14-9-8-13-6-5-7-16(15(13)12-14)24-18(20)22-11-4-2/h3-9,12H,1-2,10-11H2. The summed E-state index contributed by atoms with van der Waals surface area (Å²) < 4.78 is 19.8. The first-order valence-electron chi connectivity index (χ1n) is 7.08. The lowest BCUT2D eigenvalue weighted by Crippen LogP contribution is -2.11. The van der Waals surface area contributed by atoms with Gasteiger partial charge in [0.2, 0.25) is 0 Å². The second-order valence-electron chi connectivity index (χ2n) is 4.54. The maximum absolute atomic E-state index is 11.6. The molecule has 0 spiro atoms. The maximum Gasteiger partial charge on any atom is 0.514 e. The average molecular weight is 328 g/mol. The fourth-order valence-electron chi connectivity index (χ4n) is 1.87. The Kier molecular flexibility index (Phi) is 5.96. The molecule has 2 aromatic carbocycles. The molecule has 0 aliphatic carbocycles. The van der Waals surface area contributed by atoms with E-state index in [4.69, 9.17) is 18.9 Å². The number of ether oxygens (including phenoxy) is 4. The fraction of sp³-hybridized carbons (Fsp3) is 0.111. The van der Waals surface area contributed by atoms with E-state index in [1.165, 1.54) is 12.2 Å². The average Bonchev–Trinajstić information content (AvgIpc) is 2.58. The summed E-state index contributed by atoms with van der Waals surface area (Å²) in [6.07, 6.45) is 1.17. The minimum absolute atomic E-state index is 0.0487. The van der Waals surface area contributed by atoms with Gasteiger partial charge in [-0.1, -0.05) is 43.5 Å². The highest BCUT2D eigenvalue weighted by atomic mass is 16.7. The van der Waals surface area contributed by atoms with Crippen LogP contribution in [0.2, 0.25) is 0 Å². The van der Waals surface area contributed by atoms with E-state index in [1.807, 2.05) is 6.07 Å². The molecule has 0 N–H and O–H groups in total. The van der Waals surface area contributed by atoms with Gasteiger partial charge in [-0.15, -0.1) is 0 Å². The van der Waals surface area contributed by atoms with E-state index in [9.17, 15) is 9.59 Å². The number of carbonyl (C=O) groups is 2. The molecular weight excluding hydrogens is 312 g/mol. The molecule has 0 radical (unpaired) electrons. The van der Waals surface area contributed by atoms with Crippen LogP contribution >= 0.6 is 0 Å². The van der Waals surface area contributed by atoms with Gasteiger partial charge in [-0.05, 0) is 23.6 Å². The van der Waals surface area contributed by atoms with Crippen LogP contribution in [0.5, 0.6) is 11.5 Å². The summed E-state index contributed by atoms with van der Waals surface area (Å²) in [5.41, 5.74) is 0. The van der Waals surface area contributed by atoms with Gasteiger partial charge < -0.3 is 18.9 Å². The number of fused-ring (bicyclic) bond motifs is 1. The van der Waals surface area contributed by atoms with Crippen LogP contribution in [0, 0.1) is 0 Å². The van der Waals surface area contributed by atoms with E-state index in [0.717, 1.165) is 5.39 Å². The summed E-state index contributed by atoms with van der Waals surface area (Å²) in [5, 5.41) is 1.39. The van der Waals surface area contributed by atoms with Crippen molar-refractivity contribution in [1.29, 1.82) is 0 Å². The zero-order chi connectivity index (χ0) is 17.4. The predicted octanol–water partition coefficient (Wildman–Crippen LogP) is 4.24. The van der Waals surface area contributed by atoms with Gasteiger partial charge in [0.05, 0.1) is 0 Å². The zero-order valence-electron chi connectivity index (χ0n) is 12.9. The molecule has 0 aliphatic rings. The van der Waals surface area contributed by atoms with Gasteiger partial charge in [-0.25, -0.2) is 9.59 Å². The van der Waals surface area contributed by atoms with Gasteiger partial charge in [0.1, 0.15) is 24.7 Å². The molecule has 24 heavy (non-hydrogen) atoms.